The van der Waals surface area contributed by atoms with Crippen LogP contribution in [0.2, 0.25) is 0 Å². The number of hydrogen-bond acceptors (Lipinski definition) is 5. The molecule has 8 nitrogen and oxygen atoms in total. The number of sulfone groups is 1. The maximum atomic E-state index is 13.4. The van der Waals surface area contributed by atoms with Crippen LogP contribution in [0.1, 0.15) is 11.3 Å². The van der Waals surface area contributed by atoms with Crippen LogP contribution in [0.3, 0.4) is 0 Å². The summed E-state index contributed by atoms with van der Waals surface area (Å²) in [7, 11) is -3.67. The molecule has 1 aliphatic heterocycles. The Balaban J connectivity index is 1.30. The Morgan fingerprint density at radius 2 is 1.71 bits per heavy atom. The summed E-state index contributed by atoms with van der Waals surface area (Å²) < 4.78 is 39.4. The van der Waals surface area contributed by atoms with E-state index >= 15 is 0 Å². The highest BCUT2D eigenvalue weighted by atomic mass is 32.2. The predicted octanol–water partition coefficient (Wildman–Crippen LogP) is 4.32. The molecular weight excluding hydrogens is 466 g/mol. The number of benzene rings is 3. The minimum atomic E-state index is -3.67. The molecule has 2 N–H and O–H groups in total. The molecule has 0 saturated heterocycles. The molecular formula is C26H25N3O5S. The molecule has 4 aromatic rings. The monoisotopic (exact) mass is 491 g/mol. The highest BCUT2D eigenvalue weighted by Gasteiger charge is 2.25. The number of rotatable bonds is 7. The van der Waals surface area contributed by atoms with Crippen molar-refractivity contribution in [2.75, 3.05) is 24.4 Å². The van der Waals surface area contributed by atoms with Gasteiger partial charge in [-0.1, -0.05) is 48.5 Å². The van der Waals surface area contributed by atoms with Gasteiger partial charge in [0.15, 0.2) is 21.3 Å². The zero-order valence-corrected chi connectivity index (χ0v) is 20.0. The van der Waals surface area contributed by atoms with E-state index in [1.807, 2.05) is 66.1 Å². The summed E-state index contributed by atoms with van der Waals surface area (Å²) >= 11 is 0. The van der Waals surface area contributed by atoms with Crippen LogP contribution >= 0.6 is 0 Å². The van der Waals surface area contributed by atoms with Gasteiger partial charge in [-0.05, 0) is 30.7 Å². The Morgan fingerprint density at radius 3 is 2.54 bits per heavy atom. The van der Waals surface area contributed by atoms with Gasteiger partial charge in [0, 0.05) is 41.4 Å². The summed E-state index contributed by atoms with van der Waals surface area (Å²) in [6.07, 6.45) is 0. The normalized spacial score (nSPS) is 12.6. The molecule has 0 spiro atoms. The van der Waals surface area contributed by atoms with Crippen molar-refractivity contribution in [1.29, 1.82) is 0 Å². The number of carbonyl (C=O) groups excluding carboxylic acids is 1. The molecule has 1 aliphatic rings. The SMILES string of the molecule is Cc1c(S(=O)(=O)CCNC(=O)Nc2ccc3c(c2)OCO3)c2ccccc2n1Cc1ccccc1. The van der Waals surface area contributed by atoms with Gasteiger partial charge in [-0.2, -0.15) is 0 Å². The van der Waals surface area contributed by atoms with Gasteiger partial charge in [-0.15, -0.1) is 0 Å². The molecule has 0 saturated carbocycles. The zero-order chi connectivity index (χ0) is 24.4. The van der Waals surface area contributed by atoms with Crippen molar-refractivity contribution >= 4 is 32.5 Å². The van der Waals surface area contributed by atoms with Crippen molar-refractivity contribution in [2.45, 2.75) is 18.4 Å². The zero-order valence-electron chi connectivity index (χ0n) is 19.2. The fourth-order valence-corrected chi connectivity index (χ4v) is 5.95. The standard InChI is InChI=1S/C26H25N3O5S/c1-18-25(21-9-5-6-10-22(21)29(18)16-19-7-3-2-4-8-19)35(31,32)14-13-27-26(30)28-20-11-12-23-24(15-20)34-17-33-23/h2-12,15H,13-14,16-17H2,1H3,(H2,27,28,30). The Hall–Kier alpha value is -3.98. The van der Waals surface area contributed by atoms with Crippen LogP contribution in [0.25, 0.3) is 10.9 Å². The maximum absolute atomic E-state index is 13.4. The van der Waals surface area contributed by atoms with E-state index in [0.717, 1.165) is 11.1 Å². The molecule has 2 heterocycles. The molecule has 0 unspecified atom stereocenters. The number of urea groups is 1. The number of fused-ring (bicyclic) bond motifs is 2. The number of hydrogen-bond donors (Lipinski definition) is 2. The highest BCUT2D eigenvalue weighted by molar-refractivity contribution is 7.91. The van der Waals surface area contributed by atoms with Crippen LogP contribution in [-0.4, -0.2) is 38.1 Å². The third-order valence-corrected chi connectivity index (χ3v) is 7.83. The summed E-state index contributed by atoms with van der Waals surface area (Å²) in [5.74, 6) is 0.943. The largest absolute Gasteiger partial charge is 0.454 e. The van der Waals surface area contributed by atoms with Gasteiger partial charge in [0.25, 0.3) is 0 Å². The number of amides is 2. The van der Waals surface area contributed by atoms with Gasteiger partial charge in [-0.25, -0.2) is 13.2 Å². The average molecular weight is 492 g/mol. The number of para-hydroxylation sites is 1. The minimum absolute atomic E-state index is 0.0314. The average Bonchev–Trinajstić information content (AvgIpc) is 3.42. The number of nitrogens with zero attached hydrogens (tertiary/aromatic N) is 1. The lowest BCUT2D eigenvalue weighted by molar-refractivity contribution is 0.174. The second-order valence-electron chi connectivity index (χ2n) is 8.27. The maximum Gasteiger partial charge on any atom is 0.319 e. The molecule has 9 heteroatoms. The third-order valence-electron chi connectivity index (χ3n) is 5.95. The van der Waals surface area contributed by atoms with E-state index in [0.29, 0.717) is 39.7 Å². The molecule has 5 rings (SSSR count). The van der Waals surface area contributed by atoms with Gasteiger partial charge in [0.2, 0.25) is 6.79 Å². The molecule has 1 aromatic heterocycles. The molecule has 3 aromatic carbocycles. The fourth-order valence-electron chi connectivity index (χ4n) is 4.31. The number of anilines is 1. The van der Waals surface area contributed by atoms with Crippen LogP contribution in [0.15, 0.2) is 77.7 Å². The first-order valence-corrected chi connectivity index (χ1v) is 12.9. The van der Waals surface area contributed by atoms with Crippen molar-refractivity contribution in [3.05, 3.63) is 84.1 Å². The van der Waals surface area contributed by atoms with Crippen molar-refractivity contribution in [3.8, 4) is 11.5 Å². The third kappa shape index (κ3) is 4.67. The van der Waals surface area contributed by atoms with E-state index in [1.165, 1.54) is 0 Å². The Bertz CT molecular complexity index is 1500. The second kappa shape index (κ2) is 9.34. The minimum Gasteiger partial charge on any atom is -0.454 e. The Morgan fingerprint density at radius 1 is 0.971 bits per heavy atom. The van der Waals surface area contributed by atoms with E-state index in [-0.39, 0.29) is 19.1 Å². The second-order valence-corrected chi connectivity index (χ2v) is 10.3. The van der Waals surface area contributed by atoms with Crippen LogP contribution < -0.4 is 20.1 Å². The molecule has 0 fully saturated rings. The van der Waals surface area contributed by atoms with Gasteiger partial charge < -0.3 is 24.7 Å². The molecule has 0 bridgehead atoms. The number of ether oxygens (including phenoxy) is 2. The van der Waals surface area contributed by atoms with Crippen LogP contribution in [0.5, 0.6) is 11.5 Å². The van der Waals surface area contributed by atoms with Crippen LogP contribution in [0, 0.1) is 6.92 Å². The van der Waals surface area contributed by atoms with Gasteiger partial charge in [0.1, 0.15) is 0 Å². The smallest absolute Gasteiger partial charge is 0.319 e. The van der Waals surface area contributed by atoms with Gasteiger partial charge >= 0.3 is 6.03 Å². The number of carbonyl (C=O) groups is 1. The van der Waals surface area contributed by atoms with Crippen LogP contribution in [-0.2, 0) is 16.4 Å². The summed E-state index contributed by atoms with van der Waals surface area (Å²) in [5, 5.41) is 6.00. The fraction of sp³-hybridized carbons (Fsp3) is 0.192. The number of nitrogens with one attached hydrogen (secondary N) is 2. The lowest BCUT2D eigenvalue weighted by Gasteiger charge is -2.10. The number of aromatic nitrogens is 1. The summed E-state index contributed by atoms with van der Waals surface area (Å²) in [5.41, 5.74) is 3.15. The Labute approximate surface area is 203 Å². The van der Waals surface area contributed by atoms with E-state index in [1.54, 1.807) is 18.2 Å². The van der Waals surface area contributed by atoms with Crippen LogP contribution in [0.4, 0.5) is 10.5 Å². The van der Waals surface area contributed by atoms with Crippen molar-refractivity contribution in [3.63, 3.8) is 0 Å². The molecule has 0 radical (unpaired) electrons. The Kier molecular flexibility index (Phi) is 6.08. The van der Waals surface area contributed by atoms with Crippen molar-refractivity contribution in [2.24, 2.45) is 0 Å². The van der Waals surface area contributed by atoms with E-state index in [2.05, 4.69) is 10.6 Å². The topological polar surface area (TPSA) is 98.7 Å². The first kappa shape index (κ1) is 22.8. The molecule has 35 heavy (non-hydrogen) atoms. The quantitative estimate of drug-likeness (QED) is 0.401. The molecule has 0 atom stereocenters. The predicted molar refractivity (Wildman–Crippen MR) is 134 cm³/mol. The highest BCUT2D eigenvalue weighted by Crippen LogP contribution is 2.34. The van der Waals surface area contributed by atoms with E-state index in [9.17, 15) is 13.2 Å². The molecule has 2 amide bonds. The first-order chi connectivity index (χ1) is 16.9. The lowest BCUT2D eigenvalue weighted by atomic mass is 10.2. The summed E-state index contributed by atoms with van der Waals surface area (Å²) in [6.45, 7) is 2.51. The first-order valence-electron chi connectivity index (χ1n) is 11.2. The summed E-state index contributed by atoms with van der Waals surface area (Å²) in [6, 6.07) is 22.0. The molecule has 180 valence electrons. The van der Waals surface area contributed by atoms with E-state index in [4.69, 9.17) is 9.47 Å². The van der Waals surface area contributed by atoms with Crippen molar-refractivity contribution < 1.29 is 22.7 Å². The van der Waals surface area contributed by atoms with Crippen molar-refractivity contribution in [1.82, 2.24) is 9.88 Å². The van der Waals surface area contributed by atoms with E-state index < -0.39 is 15.9 Å². The molecule has 0 aliphatic carbocycles. The van der Waals surface area contributed by atoms with Gasteiger partial charge in [0.05, 0.1) is 10.6 Å². The lowest BCUT2D eigenvalue weighted by Crippen LogP contribution is -2.32. The summed E-state index contributed by atoms with van der Waals surface area (Å²) in [4.78, 5) is 12.6. The van der Waals surface area contributed by atoms with Gasteiger partial charge in [-0.3, -0.25) is 0 Å².